The molecule has 0 bridgehead atoms. The molecule has 2 unspecified atom stereocenters. The molecule has 6 rings (SSSR count). The highest BCUT2D eigenvalue weighted by atomic mass is 16.2. The summed E-state index contributed by atoms with van der Waals surface area (Å²) >= 11 is 0. The van der Waals surface area contributed by atoms with Gasteiger partial charge in [-0.05, 0) is 46.9 Å². The number of hydrogen-bond acceptors (Lipinski definition) is 2. The first-order valence-corrected chi connectivity index (χ1v) is 11.0. The molecule has 5 aromatic rings. The minimum Gasteiger partial charge on any atom is -0.267 e. The highest BCUT2D eigenvalue weighted by molar-refractivity contribution is 5.97. The zero-order valence-corrected chi connectivity index (χ0v) is 17.5. The summed E-state index contributed by atoms with van der Waals surface area (Å²) in [5.41, 5.74) is 1.88. The second-order valence-corrected chi connectivity index (χ2v) is 8.47. The largest absolute Gasteiger partial charge is 0.273 e. The van der Waals surface area contributed by atoms with Crippen molar-refractivity contribution >= 4 is 21.5 Å². The number of fused-ring (bicyclic) bond motifs is 3. The molecule has 1 aliphatic heterocycles. The summed E-state index contributed by atoms with van der Waals surface area (Å²) in [6.07, 6.45) is 1.59. The van der Waals surface area contributed by atoms with Crippen LogP contribution >= 0.6 is 0 Å². The van der Waals surface area contributed by atoms with Crippen molar-refractivity contribution < 1.29 is 0 Å². The van der Waals surface area contributed by atoms with Crippen molar-refractivity contribution in [2.45, 2.75) is 24.9 Å². The van der Waals surface area contributed by atoms with Crippen LogP contribution in [0.5, 0.6) is 0 Å². The van der Waals surface area contributed by atoms with Crippen molar-refractivity contribution in [3.63, 3.8) is 0 Å². The zero-order valence-electron chi connectivity index (χ0n) is 17.5. The minimum absolute atomic E-state index is 0.111. The molecule has 0 N–H and O–H groups in total. The molecule has 2 atom stereocenters. The average Bonchev–Trinajstić information content (AvgIpc) is 2.86. The van der Waals surface area contributed by atoms with Crippen LogP contribution in [-0.4, -0.2) is 9.36 Å². The summed E-state index contributed by atoms with van der Waals surface area (Å²) < 4.78 is 3.44. The number of hydrogen-bond donors (Lipinski definition) is 0. The maximum absolute atomic E-state index is 13.9. The fourth-order valence-corrected chi connectivity index (χ4v) is 5.15. The van der Waals surface area contributed by atoms with Gasteiger partial charge in [0.05, 0.1) is 22.9 Å². The van der Waals surface area contributed by atoms with Crippen LogP contribution < -0.4 is 11.1 Å². The highest BCUT2D eigenvalue weighted by Crippen LogP contribution is 2.35. The molecular weight excluding hydrogens is 396 g/mol. The molecule has 1 aromatic heterocycles. The first kappa shape index (κ1) is 18.8. The molecule has 0 saturated heterocycles. The predicted molar refractivity (Wildman–Crippen MR) is 128 cm³/mol. The lowest BCUT2D eigenvalue weighted by Crippen LogP contribution is -2.46. The van der Waals surface area contributed by atoms with Crippen LogP contribution in [0.3, 0.4) is 0 Å². The average molecular weight is 418 g/mol. The van der Waals surface area contributed by atoms with Gasteiger partial charge in [0.15, 0.2) is 0 Å². The van der Waals surface area contributed by atoms with Crippen LogP contribution in [0.25, 0.3) is 21.5 Å². The third-order valence-corrected chi connectivity index (χ3v) is 6.67. The first-order valence-electron chi connectivity index (χ1n) is 11.0. The Balaban J connectivity index is 1.72. The third-order valence-electron chi connectivity index (χ3n) is 6.67. The smallest absolute Gasteiger partial charge is 0.267 e. The van der Waals surface area contributed by atoms with E-state index in [4.69, 9.17) is 0 Å². The van der Waals surface area contributed by atoms with Gasteiger partial charge in [-0.1, -0.05) is 84.9 Å². The quantitative estimate of drug-likeness (QED) is 0.366. The number of aromatic nitrogens is 2. The molecule has 0 spiro atoms. The molecule has 4 nitrogen and oxygen atoms in total. The Morgan fingerprint density at radius 3 is 1.31 bits per heavy atom. The fourth-order valence-electron chi connectivity index (χ4n) is 5.15. The molecule has 2 heterocycles. The van der Waals surface area contributed by atoms with Crippen LogP contribution in [-0.2, 0) is 0 Å². The minimum atomic E-state index is -0.174. The van der Waals surface area contributed by atoms with Crippen LogP contribution in [0.15, 0.2) is 107 Å². The SMILES string of the molecule is O=c1c2cc3ccccc3cc2c(=O)n2n1C(c1ccccc1)CCC2c1ccccc1. The molecule has 32 heavy (non-hydrogen) atoms. The van der Waals surface area contributed by atoms with E-state index in [1.165, 1.54) is 0 Å². The summed E-state index contributed by atoms with van der Waals surface area (Å²) in [5, 5.41) is 2.90. The van der Waals surface area contributed by atoms with E-state index < -0.39 is 0 Å². The van der Waals surface area contributed by atoms with Gasteiger partial charge in [-0.25, -0.2) is 9.36 Å². The topological polar surface area (TPSA) is 44.0 Å². The molecular formula is C28H22N2O2. The second-order valence-electron chi connectivity index (χ2n) is 8.47. The Labute approximate surface area is 185 Å². The van der Waals surface area contributed by atoms with Gasteiger partial charge in [0.1, 0.15) is 0 Å². The maximum atomic E-state index is 13.9. The lowest BCUT2D eigenvalue weighted by Gasteiger charge is -2.35. The molecule has 0 amide bonds. The van der Waals surface area contributed by atoms with Gasteiger partial charge in [-0.2, -0.15) is 0 Å². The van der Waals surface area contributed by atoms with E-state index in [2.05, 4.69) is 0 Å². The summed E-state index contributed by atoms with van der Waals surface area (Å²) in [5.74, 6) is 0. The lowest BCUT2D eigenvalue weighted by atomic mass is 9.93. The van der Waals surface area contributed by atoms with Crippen LogP contribution in [0, 0.1) is 0 Å². The zero-order chi connectivity index (χ0) is 21.7. The van der Waals surface area contributed by atoms with Crippen molar-refractivity contribution in [3.8, 4) is 0 Å². The molecule has 4 heteroatoms. The van der Waals surface area contributed by atoms with Gasteiger partial charge in [0, 0.05) is 0 Å². The monoisotopic (exact) mass is 418 g/mol. The molecule has 0 radical (unpaired) electrons. The van der Waals surface area contributed by atoms with E-state index in [0.717, 1.165) is 34.7 Å². The Morgan fingerprint density at radius 2 is 0.906 bits per heavy atom. The molecule has 4 aromatic carbocycles. The van der Waals surface area contributed by atoms with E-state index in [-0.39, 0.29) is 23.2 Å². The highest BCUT2D eigenvalue weighted by Gasteiger charge is 2.31. The summed E-state index contributed by atoms with van der Waals surface area (Å²) in [4.78, 5) is 27.9. The van der Waals surface area contributed by atoms with E-state index in [1.807, 2.05) is 97.1 Å². The third kappa shape index (κ3) is 2.83. The Bertz CT molecular complexity index is 1450. The van der Waals surface area contributed by atoms with E-state index in [0.29, 0.717) is 10.8 Å². The molecule has 1 aliphatic rings. The van der Waals surface area contributed by atoms with E-state index in [1.54, 1.807) is 9.36 Å². The molecule has 0 saturated carbocycles. The van der Waals surface area contributed by atoms with Crippen molar-refractivity contribution in [1.29, 1.82) is 0 Å². The van der Waals surface area contributed by atoms with Gasteiger partial charge in [-0.15, -0.1) is 0 Å². The molecule has 0 aliphatic carbocycles. The molecule has 0 fully saturated rings. The summed E-state index contributed by atoms with van der Waals surface area (Å²) in [7, 11) is 0. The van der Waals surface area contributed by atoms with Gasteiger partial charge >= 0.3 is 0 Å². The number of rotatable bonds is 2. The van der Waals surface area contributed by atoms with Crippen LogP contribution in [0.4, 0.5) is 0 Å². The van der Waals surface area contributed by atoms with E-state index in [9.17, 15) is 9.59 Å². The Kier molecular flexibility index (Phi) is 4.32. The van der Waals surface area contributed by atoms with Crippen LogP contribution in [0.2, 0.25) is 0 Å². The van der Waals surface area contributed by atoms with Crippen molar-refractivity contribution in [2.24, 2.45) is 0 Å². The van der Waals surface area contributed by atoms with E-state index >= 15 is 0 Å². The second kappa shape index (κ2) is 7.34. The maximum Gasteiger partial charge on any atom is 0.273 e. The number of benzene rings is 4. The van der Waals surface area contributed by atoms with Gasteiger partial charge in [-0.3, -0.25) is 9.59 Å². The number of nitrogens with zero attached hydrogens (tertiary/aromatic N) is 2. The van der Waals surface area contributed by atoms with Gasteiger partial charge < -0.3 is 0 Å². The van der Waals surface area contributed by atoms with Crippen LogP contribution in [0.1, 0.15) is 36.1 Å². The first-order chi connectivity index (χ1) is 15.7. The molecule has 156 valence electrons. The standard InChI is InChI=1S/C28H22N2O2/c31-27-23-17-21-13-7-8-14-22(21)18-24(23)28(32)30-26(20-11-5-2-6-12-20)16-15-25(29(27)30)19-9-3-1-4-10-19/h1-14,17-18,25-26H,15-16H2. The fraction of sp³-hybridized carbons (Fsp3) is 0.143. The lowest BCUT2D eigenvalue weighted by molar-refractivity contribution is 0.259. The summed E-state index contributed by atoms with van der Waals surface area (Å²) in [6.45, 7) is 0. The van der Waals surface area contributed by atoms with Gasteiger partial charge in [0.25, 0.3) is 11.1 Å². The predicted octanol–water partition coefficient (Wildman–Crippen LogP) is 5.29. The normalized spacial score (nSPS) is 18.0. The Hall–Kier alpha value is -3.92. The van der Waals surface area contributed by atoms with Crippen molar-refractivity contribution in [3.05, 3.63) is 129 Å². The summed E-state index contributed by atoms with van der Waals surface area (Å²) in [6, 6.07) is 31.3. The van der Waals surface area contributed by atoms with Gasteiger partial charge in [0.2, 0.25) is 0 Å². The van der Waals surface area contributed by atoms with Crippen molar-refractivity contribution in [1.82, 2.24) is 9.36 Å². The van der Waals surface area contributed by atoms with Crippen molar-refractivity contribution in [2.75, 3.05) is 0 Å². The Morgan fingerprint density at radius 1 is 0.531 bits per heavy atom.